The average molecular weight is 288 g/mol. The normalized spacial score (nSPS) is 14.7. The number of aliphatic imine (C=N–C) groups is 1. The molecule has 2 rings (SSSR count). The predicted molar refractivity (Wildman–Crippen MR) is 91.3 cm³/mol. The van der Waals surface area contributed by atoms with Gasteiger partial charge in [-0.2, -0.15) is 0 Å². The number of unbranched alkanes of at least 4 members (excludes halogenated alkanes) is 1. The Kier molecular flexibility index (Phi) is 6.05. The van der Waals surface area contributed by atoms with Crippen LogP contribution in [0.1, 0.15) is 25.3 Å². The molecule has 1 aromatic carbocycles. The minimum Gasteiger partial charge on any atom is -0.355 e. The van der Waals surface area contributed by atoms with Crippen LogP contribution in [0.3, 0.4) is 0 Å². The number of anilines is 1. The minimum absolute atomic E-state index is 0.936. The Hall–Kier alpha value is -1.55. The molecule has 0 fully saturated rings. The SMILES string of the molecule is CCCCN(C)CCNC(=NC)N1CCc2ccccc21. The number of benzene rings is 1. The van der Waals surface area contributed by atoms with Crippen LogP contribution in [0.2, 0.25) is 0 Å². The summed E-state index contributed by atoms with van der Waals surface area (Å²) in [6.45, 7) is 6.41. The Morgan fingerprint density at radius 3 is 2.90 bits per heavy atom. The average Bonchev–Trinajstić information content (AvgIpc) is 2.93. The lowest BCUT2D eigenvalue weighted by molar-refractivity contribution is 0.332. The molecule has 0 saturated carbocycles. The van der Waals surface area contributed by atoms with Crippen LogP contribution in [0, 0.1) is 0 Å². The summed E-state index contributed by atoms with van der Waals surface area (Å²) in [5, 5.41) is 3.49. The Morgan fingerprint density at radius 1 is 1.33 bits per heavy atom. The molecule has 116 valence electrons. The zero-order valence-corrected chi connectivity index (χ0v) is 13.6. The van der Waals surface area contributed by atoms with Crippen molar-refractivity contribution in [3.05, 3.63) is 29.8 Å². The van der Waals surface area contributed by atoms with Gasteiger partial charge in [0.05, 0.1) is 0 Å². The summed E-state index contributed by atoms with van der Waals surface area (Å²) >= 11 is 0. The molecule has 21 heavy (non-hydrogen) atoms. The van der Waals surface area contributed by atoms with E-state index in [9.17, 15) is 0 Å². The van der Waals surface area contributed by atoms with Gasteiger partial charge in [-0.15, -0.1) is 0 Å². The van der Waals surface area contributed by atoms with Crippen LogP contribution in [0.25, 0.3) is 0 Å². The van der Waals surface area contributed by atoms with E-state index in [0.717, 1.165) is 32.0 Å². The van der Waals surface area contributed by atoms with Crippen molar-refractivity contribution in [2.75, 3.05) is 45.2 Å². The van der Waals surface area contributed by atoms with Crippen molar-refractivity contribution in [3.8, 4) is 0 Å². The largest absolute Gasteiger partial charge is 0.355 e. The number of likely N-dealkylation sites (N-methyl/N-ethyl adjacent to an activating group) is 1. The fraction of sp³-hybridized carbons (Fsp3) is 0.588. The first-order chi connectivity index (χ1) is 10.3. The summed E-state index contributed by atoms with van der Waals surface area (Å²) in [6.07, 6.45) is 3.63. The van der Waals surface area contributed by atoms with Crippen molar-refractivity contribution in [3.63, 3.8) is 0 Å². The van der Waals surface area contributed by atoms with Gasteiger partial charge in [-0.05, 0) is 38.1 Å². The van der Waals surface area contributed by atoms with Crippen LogP contribution in [0.4, 0.5) is 5.69 Å². The zero-order valence-electron chi connectivity index (χ0n) is 13.6. The molecule has 4 nitrogen and oxygen atoms in total. The molecule has 0 spiro atoms. The first kappa shape index (κ1) is 15.8. The second-order valence-electron chi connectivity index (χ2n) is 5.66. The summed E-state index contributed by atoms with van der Waals surface area (Å²) in [7, 11) is 4.05. The number of fused-ring (bicyclic) bond motifs is 1. The third kappa shape index (κ3) is 4.21. The lowest BCUT2D eigenvalue weighted by Gasteiger charge is -2.23. The zero-order chi connectivity index (χ0) is 15.1. The number of nitrogens with zero attached hydrogens (tertiary/aromatic N) is 3. The highest BCUT2D eigenvalue weighted by Crippen LogP contribution is 2.27. The summed E-state index contributed by atoms with van der Waals surface area (Å²) in [5.74, 6) is 0.990. The van der Waals surface area contributed by atoms with E-state index in [0.29, 0.717) is 0 Å². The summed E-state index contributed by atoms with van der Waals surface area (Å²) in [6, 6.07) is 8.61. The summed E-state index contributed by atoms with van der Waals surface area (Å²) < 4.78 is 0. The predicted octanol–water partition coefficient (Wildman–Crippen LogP) is 2.36. The smallest absolute Gasteiger partial charge is 0.198 e. The molecule has 0 saturated heterocycles. The van der Waals surface area contributed by atoms with Gasteiger partial charge < -0.3 is 15.1 Å². The number of nitrogens with one attached hydrogen (secondary N) is 1. The minimum atomic E-state index is 0.936. The van der Waals surface area contributed by atoms with Crippen LogP contribution in [-0.4, -0.2) is 51.1 Å². The maximum atomic E-state index is 4.44. The topological polar surface area (TPSA) is 30.9 Å². The fourth-order valence-electron chi connectivity index (χ4n) is 2.75. The van der Waals surface area contributed by atoms with Crippen molar-refractivity contribution in [2.24, 2.45) is 4.99 Å². The van der Waals surface area contributed by atoms with E-state index in [2.05, 4.69) is 58.3 Å². The second-order valence-corrected chi connectivity index (χ2v) is 5.66. The molecule has 0 aromatic heterocycles. The third-order valence-corrected chi connectivity index (χ3v) is 4.02. The highest BCUT2D eigenvalue weighted by atomic mass is 15.3. The van der Waals surface area contributed by atoms with Crippen molar-refractivity contribution in [1.29, 1.82) is 0 Å². The fourth-order valence-corrected chi connectivity index (χ4v) is 2.75. The molecule has 1 aliphatic rings. The van der Waals surface area contributed by atoms with Crippen LogP contribution in [0.15, 0.2) is 29.3 Å². The van der Waals surface area contributed by atoms with Crippen molar-refractivity contribution < 1.29 is 0 Å². The van der Waals surface area contributed by atoms with E-state index >= 15 is 0 Å². The van der Waals surface area contributed by atoms with Crippen molar-refractivity contribution in [2.45, 2.75) is 26.2 Å². The molecule has 1 heterocycles. The standard InChI is InChI=1S/C17H28N4/c1-4-5-12-20(3)14-11-19-17(18-2)21-13-10-15-8-6-7-9-16(15)21/h6-9H,4-5,10-14H2,1-3H3,(H,18,19). The van der Waals surface area contributed by atoms with E-state index in [1.165, 1.54) is 30.6 Å². The molecule has 1 aliphatic heterocycles. The number of rotatable bonds is 6. The molecule has 0 atom stereocenters. The molecule has 1 aromatic rings. The Morgan fingerprint density at radius 2 is 2.14 bits per heavy atom. The van der Waals surface area contributed by atoms with Crippen LogP contribution in [-0.2, 0) is 6.42 Å². The van der Waals surface area contributed by atoms with E-state index in [1.54, 1.807) is 0 Å². The van der Waals surface area contributed by atoms with Gasteiger partial charge in [0.2, 0.25) is 0 Å². The van der Waals surface area contributed by atoms with Gasteiger partial charge in [-0.25, -0.2) is 0 Å². The first-order valence-corrected chi connectivity index (χ1v) is 8.01. The van der Waals surface area contributed by atoms with Gasteiger partial charge in [-0.1, -0.05) is 31.5 Å². The van der Waals surface area contributed by atoms with Gasteiger partial charge in [0, 0.05) is 32.4 Å². The molecule has 0 amide bonds. The molecular weight excluding hydrogens is 260 g/mol. The molecule has 1 N–H and O–H groups in total. The lowest BCUT2D eigenvalue weighted by atomic mass is 10.2. The number of hydrogen-bond acceptors (Lipinski definition) is 2. The molecule has 0 bridgehead atoms. The van der Waals surface area contributed by atoms with Crippen LogP contribution < -0.4 is 10.2 Å². The quantitative estimate of drug-likeness (QED) is 0.644. The van der Waals surface area contributed by atoms with E-state index < -0.39 is 0 Å². The number of guanidine groups is 1. The number of hydrogen-bond donors (Lipinski definition) is 1. The van der Waals surface area contributed by atoms with E-state index in [4.69, 9.17) is 0 Å². The van der Waals surface area contributed by atoms with Gasteiger partial charge in [0.25, 0.3) is 0 Å². The maximum Gasteiger partial charge on any atom is 0.198 e. The number of para-hydroxylation sites is 1. The first-order valence-electron chi connectivity index (χ1n) is 8.01. The second kappa shape index (κ2) is 8.03. The molecular formula is C17H28N4. The summed E-state index contributed by atoms with van der Waals surface area (Å²) in [4.78, 5) is 9.11. The molecule has 4 heteroatoms. The highest BCUT2D eigenvalue weighted by Gasteiger charge is 2.21. The summed E-state index contributed by atoms with van der Waals surface area (Å²) in [5.41, 5.74) is 2.71. The van der Waals surface area contributed by atoms with Gasteiger partial charge in [-0.3, -0.25) is 4.99 Å². The van der Waals surface area contributed by atoms with Gasteiger partial charge in [0.15, 0.2) is 5.96 Å². The van der Waals surface area contributed by atoms with Crippen LogP contribution in [0.5, 0.6) is 0 Å². The van der Waals surface area contributed by atoms with Crippen molar-refractivity contribution in [1.82, 2.24) is 10.2 Å². The third-order valence-electron chi connectivity index (χ3n) is 4.02. The molecule has 0 radical (unpaired) electrons. The van der Waals surface area contributed by atoms with Crippen molar-refractivity contribution >= 4 is 11.6 Å². The van der Waals surface area contributed by atoms with Crippen LogP contribution >= 0.6 is 0 Å². The van der Waals surface area contributed by atoms with Gasteiger partial charge >= 0.3 is 0 Å². The van der Waals surface area contributed by atoms with Gasteiger partial charge in [0.1, 0.15) is 0 Å². The Balaban J connectivity index is 1.85. The Bertz CT molecular complexity index is 470. The monoisotopic (exact) mass is 288 g/mol. The molecule has 0 aliphatic carbocycles. The van der Waals surface area contributed by atoms with E-state index in [-0.39, 0.29) is 0 Å². The maximum absolute atomic E-state index is 4.44. The lowest BCUT2D eigenvalue weighted by Crippen LogP contribution is -2.43. The molecule has 0 unspecified atom stereocenters. The highest BCUT2D eigenvalue weighted by molar-refractivity contribution is 5.97. The van der Waals surface area contributed by atoms with E-state index in [1.807, 2.05) is 7.05 Å². The Labute approximate surface area is 128 Å².